The van der Waals surface area contributed by atoms with Crippen LogP contribution in [-0.4, -0.2) is 28.1 Å². The van der Waals surface area contributed by atoms with Gasteiger partial charge >= 0.3 is 6.03 Å². The summed E-state index contributed by atoms with van der Waals surface area (Å²) in [5.41, 5.74) is 0.581. The van der Waals surface area contributed by atoms with Gasteiger partial charge in [0, 0.05) is 6.07 Å². The van der Waals surface area contributed by atoms with E-state index in [0.29, 0.717) is 12.3 Å². The van der Waals surface area contributed by atoms with E-state index >= 15 is 0 Å². The second-order valence-electron chi connectivity index (χ2n) is 5.43. The number of aromatic nitrogens is 2. The topological polar surface area (TPSA) is 84.4 Å². The zero-order chi connectivity index (χ0) is 19.1. The molecular weight excluding hydrogens is 379 g/mol. The first-order valence-corrected chi connectivity index (χ1v) is 9.17. The Balaban J connectivity index is 1.98. The Morgan fingerprint density at radius 1 is 1.38 bits per heavy atom. The van der Waals surface area contributed by atoms with Crippen LogP contribution in [0.3, 0.4) is 0 Å². The van der Waals surface area contributed by atoms with Gasteiger partial charge in [0.05, 0.1) is 18.0 Å². The SMILES string of the molecule is CCCCCOc1ccc(N(S)C(=O)NC(=O)c2snnc2C)cc1F. The second kappa shape index (κ2) is 9.48. The Morgan fingerprint density at radius 3 is 2.77 bits per heavy atom. The van der Waals surface area contributed by atoms with Crippen molar-refractivity contribution in [3.63, 3.8) is 0 Å². The van der Waals surface area contributed by atoms with Gasteiger partial charge in [-0.15, -0.1) is 5.10 Å². The molecule has 0 saturated heterocycles. The summed E-state index contributed by atoms with van der Waals surface area (Å²) in [6, 6.07) is 3.20. The molecule has 3 amide bonds. The van der Waals surface area contributed by atoms with Gasteiger partial charge in [0.1, 0.15) is 4.88 Å². The molecule has 0 unspecified atom stereocenters. The number of urea groups is 1. The first kappa shape index (κ1) is 20.1. The Bertz CT molecular complexity index is 785. The van der Waals surface area contributed by atoms with Crippen LogP contribution < -0.4 is 14.4 Å². The number of carbonyl (C=O) groups excluding carboxylic acids is 2. The molecule has 10 heteroatoms. The Hall–Kier alpha value is -2.20. The molecule has 0 saturated carbocycles. The molecule has 26 heavy (non-hydrogen) atoms. The highest BCUT2D eigenvalue weighted by Crippen LogP contribution is 2.25. The van der Waals surface area contributed by atoms with Crippen LogP contribution >= 0.6 is 24.3 Å². The third kappa shape index (κ3) is 5.15. The lowest BCUT2D eigenvalue weighted by atomic mass is 10.2. The number of hydrogen-bond donors (Lipinski definition) is 2. The number of unbranched alkanes of at least 4 members (excludes halogenated alkanes) is 2. The number of nitrogens with one attached hydrogen (secondary N) is 1. The van der Waals surface area contributed by atoms with Crippen molar-refractivity contribution in [2.75, 3.05) is 10.9 Å². The maximum absolute atomic E-state index is 14.1. The Morgan fingerprint density at radius 2 is 2.15 bits per heavy atom. The van der Waals surface area contributed by atoms with E-state index in [1.54, 1.807) is 6.92 Å². The number of anilines is 1. The number of rotatable bonds is 7. The number of amides is 3. The van der Waals surface area contributed by atoms with Crippen LogP contribution in [-0.2, 0) is 0 Å². The van der Waals surface area contributed by atoms with Crippen LogP contribution in [0.25, 0.3) is 0 Å². The summed E-state index contributed by atoms with van der Waals surface area (Å²) in [7, 11) is 0. The van der Waals surface area contributed by atoms with Gasteiger partial charge in [0.15, 0.2) is 11.6 Å². The van der Waals surface area contributed by atoms with Crippen molar-refractivity contribution < 1.29 is 18.7 Å². The molecule has 0 fully saturated rings. The lowest BCUT2D eigenvalue weighted by molar-refractivity contribution is 0.0969. The molecule has 0 atom stereocenters. The summed E-state index contributed by atoms with van der Waals surface area (Å²) in [4.78, 5) is 24.4. The first-order chi connectivity index (χ1) is 12.4. The summed E-state index contributed by atoms with van der Waals surface area (Å²) >= 11 is 4.90. The molecule has 0 aliphatic heterocycles. The molecule has 0 aliphatic rings. The van der Waals surface area contributed by atoms with Crippen molar-refractivity contribution in [3.05, 3.63) is 34.6 Å². The number of ether oxygens (including phenoxy) is 1. The highest BCUT2D eigenvalue weighted by molar-refractivity contribution is 7.82. The van der Waals surface area contributed by atoms with E-state index in [1.165, 1.54) is 12.1 Å². The number of imide groups is 1. The summed E-state index contributed by atoms with van der Waals surface area (Å²) < 4.78 is 24.0. The van der Waals surface area contributed by atoms with Gasteiger partial charge in [-0.25, -0.2) is 13.5 Å². The predicted octanol–water partition coefficient (Wildman–Crippen LogP) is 3.76. The van der Waals surface area contributed by atoms with Crippen molar-refractivity contribution in [2.45, 2.75) is 33.1 Å². The number of carbonyl (C=O) groups is 2. The van der Waals surface area contributed by atoms with E-state index in [2.05, 4.69) is 34.6 Å². The smallest absolute Gasteiger partial charge is 0.338 e. The fourth-order valence-electron chi connectivity index (χ4n) is 2.04. The molecule has 0 spiro atoms. The molecule has 7 nitrogen and oxygen atoms in total. The normalized spacial score (nSPS) is 10.5. The summed E-state index contributed by atoms with van der Waals surface area (Å²) in [6.07, 6.45) is 2.89. The van der Waals surface area contributed by atoms with E-state index in [0.717, 1.165) is 41.2 Å². The highest BCUT2D eigenvalue weighted by atomic mass is 32.1. The molecule has 0 aliphatic carbocycles. The van der Waals surface area contributed by atoms with Gasteiger partial charge in [0.25, 0.3) is 5.91 Å². The maximum Gasteiger partial charge on any atom is 0.338 e. The molecular formula is C16H19FN4O3S2. The third-order valence-electron chi connectivity index (χ3n) is 3.44. The third-order valence-corrected chi connectivity index (χ3v) is 4.68. The molecule has 2 rings (SSSR count). The molecule has 1 aromatic carbocycles. The van der Waals surface area contributed by atoms with Gasteiger partial charge in [-0.05, 0) is 37.0 Å². The first-order valence-electron chi connectivity index (χ1n) is 7.99. The molecule has 140 valence electrons. The van der Waals surface area contributed by atoms with Crippen LogP contribution in [0.15, 0.2) is 18.2 Å². The van der Waals surface area contributed by atoms with Crippen molar-refractivity contribution in [1.82, 2.24) is 14.9 Å². The summed E-state index contributed by atoms with van der Waals surface area (Å²) in [5, 5.41) is 5.86. The summed E-state index contributed by atoms with van der Waals surface area (Å²) in [6.45, 7) is 4.10. The van der Waals surface area contributed by atoms with E-state index in [4.69, 9.17) is 4.74 Å². The lowest BCUT2D eigenvalue weighted by Crippen LogP contribution is -2.38. The van der Waals surface area contributed by atoms with Crippen LogP contribution in [0.5, 0.6) is 5.75 Å². The lowest BCUT2D eigenvalue weighted by Gasteiger charge is -2.16. The van der Waals surface area contributed by atoms with E-state index in [9.17, 15) is 14.0 Å². The number of hydrogen-bond acceptors (Lipinski definition) is 7. The largest absolute Gasteiger partial charge is 0.491 e. The van der Waals surface area contributed by atoms with Crippen LogP contribution in [0, 0.1) is 12.7 Å². The van der Waals surface area contributed by atoms with Gasteiger partial charge < -0.3 is 4.74 Å². The van der Waals surface area contributed by atoms with Gasteiger partial charge in [-0.3, -0.25) is 10.1 Å². The second-order valence-corrected chi connectivity index (χ2v) is 6.58. The highest BCUT2D eigenvalue weighted by Gasteiger charge is 2.20. The minimum absolute atomic E-state index is 0.106. The minimum Gasteiger partial charge on any atom is -0.491 e. The quantitative estimate of drug-likeness (QED) is 0.548. The molecule has 1 aromatic heterocycles. The number of thiol groups is 1. The van der Waals surface area contributed by atoms with Crippen LogP contribution in [0.4, 0.5) is 14.9 Å². The number of nitrogens with zero attached hydrogens (tertiary/aromatic N) is 3. The monoisotopic (exact) mass is 398 g/mol. The predicted molar refractivity (Wildman–Crippen MR) is 100 cm³/mol. The fourth-order valence-corrected chi connectivity index (χ4v) is 2.76. The molecule has 2 aromatic rings. The van der Waals surface area contributed by atoms with Crippen LogP contribution in [0.2, 0.25) is 0 Å². The van der Waals surface area contributed by atoms with Gasteiger partial charge in [-0.2, -0.15) is 0 Å². The minimum atomic E-state index is -0.817. The number of benzene rings is 1. The summed E-state index contributed by atoms with van der Waals surface area (Å²) in [5.74, 6) is -1.15. The fraction of sp³-hybridized carbons (Fsp3) is 0.375. The Labute approximate surface area is 160 Å². The van der Waals surface area contributed by atoms with Gasteiger partial charge in [-0.1, -0.05) is 37.1 Å². The van der Waals surface area contributed by atoms with E-state index in [-0.39, 0.29) is 16.3 Å². The molecule has 0 bridgehead atoms. The standard InChI is InChI=1S/C16H19FN4O3S2/c1-3-4-5-8-24-13-7-6-11(9-12(13)17)21(25)16(23)18-15(22)14-10(2)19-20-26-14/h6-7,9,25H,3-5,8H2,1-2H3,(H,18,22,23). The van der Waals surface area contributed by atoms with E-state index in [1.807, 2.05) is 0 Å². The van der Waals surface area contributed by atoms with Crippen molar-refractivity contribution in [3.8, 4) is 5.75 Å². The zero-order valence-corrected chi connectivity index (χ0v) is 16.1. The molecule has 1 heterocycles. The van der Waals surface area contributed by atoms with Crippen molar-refractivity contribution in [2.24, 2.45) is 0 Å². The van der Waals surface area contributed by atoms with E-state index < -0.39 is 17.8 Å². The molecule has 0 radical (unpaired) electrons. The van der Waals surface area contributed by atoms with Crippen LogP contribution in [0.1, 0.15) is 41.6 Å². The zero-order valence-electron chi connectivity index (χ0n) is 14.4. The maximum atomic E-state index is 14.1. The molecule has 1 N–H and O–H groups in total. The van der Waals surface area contributed by atoms with Crippen molar-refractivity contribution >= 4 is 42.0 Å². The average molecular weight is 398 g/mol. The van der Waals surface area contributed by atoms with Crippen molar-refractivity contribution in [1.29, 1.82) is 0 Å². The number of aryl methyl sites for hydroxylation is 1. The average Bonchev–Trinajstić information content (AvgIpc) is 3.05. The Kier molecular flexibility index (Phi) is 7.34. The van der Waals surface area contributed by atoms with Gasteiger partial charge in [0.2, 0.25) is 0 Å². The number of halogens is 1.